The monoisotopic (exact) mass is 240 g/mol. The van der Waals surface area contributed by atoms with E-state index in [0.717, 1.165) is 5.56 Å². The molecular weight excluding hydrogens is 228 g/mol. The molecule has 1 heterocycles. The molecule has 1 atom stereocenters. The number of anilines is 1. The molecule has 1 amide bonds. The van der Waals surface area contributed by atoms with E-state index in [1.54, 1.807) is 31.2 Å². The summed E-state index contributed by atoms with van der Waals surface area (Å²) in [4.78, 5) is 15.8. The molecule has 2 rings (SSSR count). The second kappa shape index (κ2) is 5.15. The number of nitrogens with zero attached hydrogens (tertiary/aromatic N) is 3. The molecule has 1 aromatic carbocycles. The van der Waals surface area contributed by atoms with Gasteiger partial charge in [0.15, 0.2) is 0 Å². The maximum absolute atomic E-state index is 12.0. The van der Waals surface area contributed by atoms with E-state index < -0.39 is 6.04 Å². The lowest BCUT2D eigenvalue weighted by atomic mass is 10.2. The van der Waals surface area contributed by atoms with Gasteiger partial charge in [-0.15, -0.1) is 6.42 Å². The van der Waals surface area contributed by atoms with E-state index in [9.17, 15) is 4.79 Å². The lowest BCUT2D eigenvalue weighted by molar-refractivity contribution is -0.119. The van der Waals surface area contributed by atoms with Crippen molar-refractivity contribution in [3.63, 3.8) is 0 Å². The number of carbonyl (C=O) groups excluding carboxylic acids is 1. The lowest BCUT2D eigenvalue weighted by Gasteiger charge is -2.12. The van der Waals surface area contributed by atoms with E-state index in [4.69, 9.17) is 6.42 Å². The van der Waals surface area contributed by atoms with Gasteiger partial charge in [-0.3, -0.25) is 4.79 Å². The highest BCUT2D eigenvalue weighted by Gasteiger charge is 2.15. The molecule has 18 heavy (non-hydrogen) atoms. The lowest BCUT2D eigenvalue weighted by Crippen LogP contribution is -2.24. The van der Waals surface area contributed by atoms with Gasteiger partial charge < -0.3 is 5.32 Å². The fourth-order valence-electron chi connectivity index (χ4n) is 1.47. The first-order valence-electron chi connectivity index (χ1n) is 5.42. The van der Waals surface area contributed by atoms with Crippen molar-refractivity contribution in [1.82, 2.24) is 14.8 Å². The van der Waals surface area contributed by atoms with Gasteiger partial charge >= 0.3 is 0 Å². The molecule has 0 fully saturated rings. The molecule has 0 saturated heterocycles. The summed E-state index contributed by atoms with van der Waals surface area (Å²) >= 11 is 0. The van der Waals surface area contributed by atoms with Crippen LogP contribution in [0.3, 0.4) is 0 Å². The standard InChI is InChI=1S/C13H12N4O/c1-3-11-5-4-6-12(7-11)16-13(18)10(2)17-9-14-8-15-17/h1,4-10H,2H3,(H,16,18). The van der Waals surface area contributed by atoms with Crippen LogP contribution >= 0.6 is 0 Å². The Kier molecular flexibility index (Phi) is 3.39. The van der Waals surface area contributed by atoms with E-state index in [1.165, 1.54) is 17.3 Å². The van der Waals surface area contributed by atoms with Crippen LogP contribution in [0.2, 0.25) is 0 Å². The Morgan fingerprint density at radius 3 is 3.06 bits per heavy atom. The van der Waals surface area contributed by atoms with Crippen LogP contribution in [0.5, 0.6) is 0 Å². The van der Waals surface area contributed by atoms with Crippen LogP contribution in [0.25, 0.3) is 0 Å². The second-order valence-electron chi connectivity index (χ2n) is 3.77. The Balaban J connectivity index is 2.09. The van der Waals surface area contributed by atoms with Gasteiger partial charge in [0.1, 0.15) is 18.7 Å². The maximum atomic E-state index is 12.0. The number of amides is 1. The van der Waals surface area contributed by atoms with Gasteiger partial charge in [0.05, 0.1) is 0 Å². The van der Waals surface area contributed by atoms with Gasteiger partial charge in [0, 0.05) is 11.3 Å². The Bertz CT molecular complexity index is 583. The minimum absolute atomic E-state index is 0.172. The first-order valence-corrected chi connectivity index (χ1v) is 5.42. The molecule has 1 aromatic heterocycles. The number of terminal acetylenes is 1. The molecule has 0 spiro atoms. The number of rotatable bonds is 3. The van der Waals surface area contributed by atoms with Gasteiger partial charge in [-0.25, -0.2) is 9.67 Å². The molecule has 0 bridgehead atoms. The van der Waals surface area contributed by atoms with Gasteiger partial charge in [-0.1, -0.05) is 12.0 Å². The summed E-state index contributed by atoms with van der Waals surface area (Å²) in [6.07, 6.45) is 8.20. The van der Waals surface area contributed by atoms with Crippen LogP contribution in [-0.2, 0) is 4.79 Å². The van der Waals surface area contributed by atoms with E-state index >= 15 is 0 Å². The molecule has 5 nitrogen and oxygen atoms in total. The van der Waals surface area contributed by atoms with E-state index in [2.05, 4.69) is 21.3 Å². The number of benzene rings is 1. The predicted molar refractivity (Wildman–Crippen MR) is 67.7 cm³/mol. The highest BCUT2D eigenvalue weighted by molar-refractivity contribution is 5.93. The zero-order valence-corrected chi connectivity index (χ0v) is 9.87. The molecule has 2 aromatic rings. The average molecular weight is 240 g/mol. The summed E-state index contributed by atoms with van der Waals surface area (Å²) in [6, 6.07) is 6.70. The highest BCUT2D eigenvalue weighted by Crippen LogP contribution is 2.12. The molecule has 5 heteroatoms. The topological polar surface area (TPSA) is 59.8 Å². The van der Waals surface area contributed by atoms with Gasteiger partial charge in [0.25, 0.3) is 0 Å². The summed E-state index contributed by atoms with van der Waals surface area (Å²) in [5, 5.41) is 6.71. The summed E-state index contributed by atoms with van der Waals surface area (Å²) in [5.41, 5.74) is 1.39. The second-order valence-corrected chi connectivity index (χ2v) is 3.77. The quantitative estimate of drug-likeness (QED) is 0.826. The SMILES string of the molecule is C#Cc1cccc(NC(=O)C(C)n2cncn2)c1. The Morgan fingerprint density at radius 1 is 1.56 bits per heavy atom. The summed E-state index contributed by atoms with van der Waals surface area (Å²) in [7, 11) is 0. The van der Waals surface area contributed by atoms with Crippen LogP contribution < -0.4 is 5.32 Å². The minimum atomic E-state index is -0.429. The van der Waals surface area contributed by atoms with Crippen molar-refractivity contribution in [2.75, 3.05) is 5.32 Å². The van der Waals surface area contributed by atoms with Crippen molar-refractivity contribution in [3.05, 3.63) is 42.5 Å². The van der Waals surface area contributed by atoms with Crippen molar-refractivity contribution in [2.24, 2.45) is 0 Å². The van der Waals surface area contributed by atoms with Crippen molar-refractivity contribution in [3.8, 4) is 12.3 Å². The zero-order valence-electron chi connectivity index (χ0n) is 9.87. The van der Waals surface area contributed by atoms with Crippen LogP contribution in [-0.4, -0.2) is 20.7 Å². The average Bonchev–Trinajstić information content (AvgIpc) is 2.92. The van der Waals surface area contributed by atoms with Crippen LogP contribution in [0.1, 0.15) is 18.5 Å². The van der Waals surface area contributed by atoms with E-state index in [0.29, 0.717) is 5.69 Å². The number of aromatic nitrogens is 3. The molecule has 0 radical (unpaired) electrons. The molecule has 0 saturated carbocycles. The maximum Gasteiger partial charge on any atom is 0.249 e. The fraction of sp³-hybridized carbons (Fsp3) is 0.154. The first kappa shape index (κ1) is 11.9. The number of carbonyl (C=O) groups is 1. The minimum Gasteiger partial charge on any atom is -0.324 e. The summed E-state index contributed by atoms with van der Waals surface area (Å²) in [6.45, 7) is 1.75. The number of hydrogen-bond acceptors (Lipinski definition) is 3. The predicted octanol–water partition coefficient (Wildman–Crippen LogP) is 1.46. The summed E-state index contributed by atoms with van der Waals surface area (Å²) < 4.78 is 1.49. The van der Waals surface area contributed by atoms with Crippen molar-refractivity contribution in [1.29, 1.82) is 0 Å². The fourth-order valence-corrected chi connectivity index (χ4v) is 1.47. The zero-order chi connectivity index (χ0) is 13.0. The van der Waals surface area contributed by atoms with Crippen molar-refractivity contribution >= 4 is 11.6 Å². The molecular formula is C13H12N4O. The smallest absolute Gasteiger partial charge is 0.249 e. The van der Waals surface area contributed by atoms with E-state index in [-0.39, 0.29) is 5.91 Å². The Hall–Kier alpha value is -2.61. The van der Waals surface area contributed by atoms with Crippen LogP contribution in [0.4, 0.5) is 5.69 Å². The largest absolute Gasteiger partial charge is 0.324 e. The molecule has 0 aliphatic carbocycles. The first-order chi connectivity index (χ1) is 8.70. The highest BCUT2D eigenvalue weighted by atomic mass is 16.2. The third kappa shape index (κ3) is 2.55. The summed E-state index contributed by atoms with van der Waals surface area (Å²) in [5.74, 6) is 2.35. The molecule has 0 aliphatic rings. The van der Waals surface area contributed by atoms with E-state index in [1.807, 2.05) is 0 Å². The third-order valence-corrected chi connectivity index (χ3v) is 2.51. The molecule has 1 N–H and O–H groups in total. The third-order valence-electron chi connectivity index (χ3n) is 2.51. The Labute approximate surface area is 105 Å². The Morgan fingerprint density at radius 2 is 2.39 bits per heavy atom. The number of hydrogen-bond donors (Lipinski definition) is 1. The van der Waals surface area contributed by atoms with Gasteiger partial charge in [-0.05, 0) is 25.1 Å². The normalized spacial score (nSPS) is 11.6. The number of nitrogens with one attached hydrogen (secondary N) is 1. The van der Waals surface area contributed by atoms with Crippen molar-refractivity contribution < 1.29 is 4.79 Å². The van der Waals surface area contributed by atoms with Gasteiger partial charge in [-0.2, -0.15) is 5.10 Å². The molecule has 0 aliphatic heterocycles. The van der Waals surface area contributed by atoms with Crippen LogP contribution in [0.15, 0.2) is 36.9 Å². The molecule has 90 valence electrons. The van der Waals surface area contributed by atoms with Crippen molar-refractivity contribution in [2.45, 2.75) is 13.0 Å². The van der Waals surface area contributed by atoms with Gasteiger partial charge in [0.2, 0.25) is 5.91 Å². The van der Waals surface area contributed by atoms with Crippen LogP contribution in [0, 0.1) is 12.3 Å². The molecule has 1 unspecified atom stereocenters.